The number of benzene rings is 1. The van der Waals surface area contributed by atoms with Crippen LogP contribution >= 0.6 is 11.6 Å². The van der Waals surface area contributed by atoms with Gasteiger partial charge in [0.1, 0.15) is 10.9 Å². The molecular weight excluding hydrogens is 264 g/mol. The van der Waals surface area contributed by atoms with Gasteiger partial charge in [0.2, 0.25) is 0 Å². The van der Waals surface area contributed by atoms with Crippen molar-refractivity contribution in [3.05, 3.63) is 47.2 Å². The Kier molecular flexibility index (Phi) is 3.29. The van der Waals surface area contributed by atoms with Gasteiger partial charge in [-0.25, -0.2) is 4.98 Å². The number of rotatable bonds is 5. The van der Waals surface area contributed by atoms with Gasteiger partial charge in [0.05, 0.1) is 30.1 Å². The molecule has 1 heterocycles. The summed E-state index contributed by atoms with van der Waals surface area (Å²) in [5.74, 6) is 0.889. The Labute approximate surface area is 121 Å². The standard InChI is InChI=1S/C14H15ClN2O2/c1-18-11-5-3-10(4-6-11)8-16-12-7-14(15)17-9-13(12)19-2/h3-7,9H,8H2,1-2H3,(H,16,17)/i2D3. The Morgan fingerprint density at radius 2 is 2.11 bits per heavy atom. The zero-order chi connectivity index (χ0) is 16.2. The molecule has 0 bridgehead atoms. The van der Waals surface area contributed by atoms with Gasteiger partial charge < -0.3 is 14.8 Å². The monoisotopic (exact) mass is 281 g/mol. The van der Waals surface area contributed by atoms with Crippen molar-refractivity contribution in [1.82, 2.24) is 4.98 Å². The van der Waals surface area contributed by atoms with Gasteiger partial charge >= 0.3 is 0 Å². The molecule has 0 saturated heterocycles. The van der Waals surface area contributed by atoms with E-state index in [1.54, 1.807) is 7.11 Å². The molecule has 2 aromatic rings. The highest BCUT2D eigenvalue weighted by atomic mass is 35.5. The molecule has 0 aliphatic heterocycles. The van der Waals surface area contributed by atoms with Crippen molar-refractivity contribution in [1.29, 1.82) is 0 Å². The number of hydrogen-bond acceptors (Lipinski definition) is 4. The summed E-state index contributed by atoms with van der Waals surface area (Å²) >= 11 is 5.85. The van der Waals surface area contributed by atoms with Crippen LogP contribution in [0.5, 0.6) is 11.5 Å². The van der Waals surface area contributed by atoms with Gasteiger partial charge in [-0.15, -0.1) is 0 Å². The first-order valence-corrected chi connectivity index (χ1v) is 5.96. The summed E-state index contributed by atoms with van der Waals surface area (Å²) in [6.07, 6.45) is 1.28. The van der Waals surface area contributed by atoms with E-state index in [1.165, 1.54) is 12.3 Å². The second-order valence-corrected chi connectivity index (χ2v) is 4.19. The van der Waals surface area contributed by atoms with Crippen molar-refractivity contribution < 1.29 is 13.6 Å². The molecule has 4 nitrogen and oxygen atoms in total. The predicted molar refractivity (Wildman–Crippen MR) is 76.1 cm³/mol. The van der Waals surface area contributed by atoms with Gasteiger partial charge in [0.25, 0.3) is 0 Å². The molecule has 100 valence electrons. The lowest BCUT2D eigenvalue weighted by Crippen LogP contribution is -2.02. The van der Waals surface area contributed by atoms with Crippen LogP contribution in [0.2, 0.25) is 5.15 Å². The smallest absolute Gasteiger partial charge is 0.160 e. The average molecular weight is 282 g/mol. The Morgan fingerprint density at radius 1 is 1.32 bits per heavy atom. The van der Waals surface area contributed by atoms with Gasteiger partial charge in [-0.3, -0.25) is 0 Å². The van der Waals surface area contributed by atoms with Crippen LogP contribution in [0.15, 0.2) is 36.5 Å². The maximum Gasteiger partial charge on any atom is 0.160 e. The van der Waals surface area contributed by atoms with Gasteiger partial charge in [-0.1, -0.05) is 23.7 Å². The summed E-state index contributed by atoms with van der Waals surface area (Å²) in [6.45, 7) is 0.474. The second kappa shape index (κ2) is 6.29. The van der Waals surface area contributed by atoms with Crippen LogP contribution in [0.3, 0.4) is 0 Å². The van der Waals surface area contributed by atoms with Gasteiger partial charge in [0, 0.05) is 12.6 Å². The third-order valence-electron chi connectivity index (χ3n) is 2.59. The lowest BCUT2D eigenvalue weighted by atomic mass is 10.2. The molecule has 0 atom stereocenters. The number of anilines is 1. The van der Waals surface area contributed by atoms with Crippen molar-refractivity contribution in [3.63, 3.8) is 0 Å². The van der Waals surface area contributed by atoms with Crippen LogP contribution in [0.1, 0.15) is 9.68 Å². The van der Waals surface area contributed by atoms with Crippen molar-refractivity contribution in [2.24, 2.45) is 0 Å². The second-order valence-electron chi connectivity index (χ2n) is 3.81. The minimum Gasteiger partial charge on any atom is -0.497 e. The molecule has 0 amide bonds. The van der Waals surface area contributed by atoms with Crippen molar-refractivity contribution in [2.45, 2.75) is 6.54 Å². The van der Waals surface area contributed by atoms with E-state index in [0.29, 0.717) is 12.2 Å². The Morgan fingerprint density at radius 3 is 2.79 bits per heavy atom. The first-order valence-electron chi connectivity index (χ1n) is 7.09. The summed E-state index contributed by atoms with van der Waals surface area (Å²) in [6, 6.07) is 9.01. The SMILES string of the molecule is [2H]C([2H])([2H])Oc1cnc(Cl)cc1NCc1ccc(OC)cc1. The van der Waals surface area contributed by atoms with E-state index in [4.69, 9.17) is 25.2 Å². The summed E-state index contributed by atoms with van der Waals surface area (Å²) in [5.41, 5.74) is 1.46. The molecule has 1 aromatic carbocycles. The molecule has 0 aliphatic rings. The lowest BCUT2D eigenvalue weighted by molar-refractivity contribution is 0.414. The van der Waals surface area contributed by atoms with Gasteiger partial charge in [0.15, 0.2) is 5.75 Å². The highest BCUT2D eigenvalue weighted by Crippen LogP contribution is 2.26. The number of aromatic nitrogens is 1. The molecule has 1 N–H and O–H groups in total. The number of ether oxygens (including phenoxy) is 2. The molecule has 0 radical (unpaired) electrons. The molecule has 19 heavy (non-hydrogen) atoms. The largest absolute Gasteiger partial charge is 0.497 e. The topological polar surface area (TPSA) is 43.4 Å². The normalized spacial score (nSPS) is 13.1. The van der Waals surface area contributed by atoms with Crippen LogP contribution in [0, 0.1) is 0 Å². The van der Waals surface area contributed by atoms with Crippen LogP contribution in [-0.2, 0) is 6.54 Å². The number of nitrogens with zero attached hydrogens (tertiary/aromatic N) is 1. The van der Waals surface area contributed by atoms with Crippen molar-refractivity contribution in [2.75, 3.05) is 19.5 Å². The third-order valence-corrected chi connectivity index (χ3v) is 2.79. The van der Waals surface area contributed by atoms with E-state index < -0.39 is 7.04 Å². The Bertz CT molecular complexity index is 633. The highest BCUT2D eigenvalue weighted by Gasteiger charge is 2.04. The zero-order valence-corrected chi connectivity index (χ0v) is 11.1. The molecular formula is C14H15ClN2O2. The Hall–Kier alpha value is -1.94. The maximum absolute atomic E-state index is 7.17. The van der Waals surface area contributed by atoms with E-state index in [0.717, 1.165) is 11.3 Å². The van der Waals surface area contributed by atoms with Gasteiger partial charge in [-0.05, 0) is 17.7 Å². The van der Waals surface area contributed by atoms with E-state index >= 15 is 0 Å². The summed E-state index contributed by atoms with van der Waals surface area (Å²) < 4.78 is 31.5. The molecule has 0 unspecified atom stereocenters. The zero-order valence-electron chi connectivity index (χ0n) is 13.3. The molecule has 2 rings (SSSR count). The van der Waals surface area contributed by atoms with Crippen LogP contribution < -0.4 is 14.8 Å². The molecule has 0 fully saturated rings. The Balaban J connectivity index is 2.12. The molecule has 5 heteroatoms. The number of methoxy groups -OCH3 is 2. The van der Waals surface area contributed by atoms with Crippen molar-refractivity contribution >= 4 is 17.3 Å². The maximum atomic E-state index is 7.17. The van der Waals surface area contributed by atoms with Gasteiger partial charge in [-0.2, -0.15) is 0 Å². The quantitative estimate of drug-likeness (QED) is 0.854. The summed E-state index contributed by atoms with van der Waals surface area (Å²) in [4.78, 5) is 3.84. The first-order chi connectivity index (χ1) is 10.4. The molecule has 0 spiro atoms. The van der Waals surface area contributed by atoms with E-state index in [2.05, 4.69) is 10.3 Å². The van der Waals surface area contributed by atoms with E-state index in [1.807, 2.05) is 24.3 Å². The highest BCUT2D eigenvalue weighted by molar-refractivity contribution is 6.29. The third kappa shape index (κ3) is 3.51. The fourth-order valence-corrected chi connectivity index (χ4v) is 1.74. The number of nitrogens with one attached hydrogen (secondary N) is 1. The molecule has 0 saturated carbocycles. The fraction of sp³-hybridized carbons (Fsp3) is 0.214. The minimum atomic E-state index is -2.55. The number of hydrogen-bond donors (Lipinski definition) is 1. The fourth-order valence-electron chi connectivity index (χ4n) is 1.58. The average Bonchev–Trinajstić information content (AvgIpc) is 2.47. The van der Waals surface area contributed by atoms with E-state index in [-0.39, 0.29) is 10.9 Å². The number of pyridine rings is 1. The first kappa shape index (κ1) is 9.92. The lowest BCUT2D eigenvalue weighted by Gasteiger charge is -2.11. The molecule has 0 aliphatic carbocycles. The number of halogens is 1. The minimum absolute atomic E-state index is 0.123. The predicted octanol–water partition coefficient (Wildman–Crippen LogP) is 3.36. The van der Waals surface area contributed by atoms with Crippen LogP contribution in [0.4, 0.5) is 5.69 Å². The summed E-state index contributed by atoms with van der Waals surface area (Å²) in [7, 11) is -0.948. The van der Waals surface area contributed by atoms with Crippen LogP contribution in [0.25, 0.3) is 0 Å². The van der Waals surface area contributed by atoms with E-state index in [9.17, 15) is 0 Å². The molecule has 1 aromatic heterocycles. The van der Waals surface area contributed by atoms with Crippen molar-refractivity contribution in [3.8, 4) is 11.5 Å². The summed E-state index contributed by atoms with van der Waals surface area (Å²) in [5, 5.41) is 3.34. The van der Waals surface area contributed by atoms with Crippen LogP contribution in [-0.4, -0.2) is 19.1 Å².